The van der Waals surface area contributed by atoms with Crippen molar-refractivity contribution in [2.24, 2.45) is 5.92 Å². The van der Waals surface area contributed by atoms with Gasteiger partial charge in [-0.2, -0.15) is 0 Å². The average molecular weight is 493 g/mol. The van der Waals surface area contributed by atoms with Crippen LogP contribution in [0.15, 0.2) is 85.1 Å². The molecular weight excluding hydrogens is 460 g/mol. The molecule has 2 atom stereocenters. The minimum atomic E-state index is -0.700. The number of aromatic amines is 1. The monoisotopic (exact) mass is 492 g/mol. The Morgan fingerprint density at radius 1 is 0.919 bits per heavy atom. The van der Waals surface area contributed by atoms with Crippen molar-refractivity contribution in [1.82, 2.24) is 15.6 Å². The van der Waals surface area contributed by atoms with E-state index in [0.717, 1.165) is 42.4 Å². The third-order valence-corrected chi connectivity index (χ3v) is 8.23. The number of carbonyl (C=O) groups excluding carboxylic acids is 2. The molecule has 188 valence electrons. The Balaban J connectivity index is 1.29. The van der Waals surface area contributed by atoms with Crippen LogP contribution in [0.5, 0.6) is 0 Å². The lowest BCUT2D eigenvalue weighted by Gasteiger charge is -2.40. The number of H-pyrrole nitrogens is 1. The second kappa shape index (κ2) is 9.87. The first-order valence-corrected chi connectivity index (χ1v) is 13.1. The summed E-state index contributed by atoms with van der Waals surface area (Å²) < 4.78 is 0. The highest BCUT2D eigenvalue weighted by Crippen LogP contribution is 2.49. The molecular formula is C31H32N4O2. The topological polar surface area (TPSA) is 86.0 Å². The molecule has 4 N–H and O–H groups in total. The molecule has 4 aromatic rings. The summed E-state index contributed by atoms with van der Waals surface area (Å²) in [7, 11) is 0. The van der Waals surface area contributed by atoms with E-state index in [1.807, 2.05) is 60.8 Å². The number of para-hydroxylation sites is 2. The Morgan fingerprint density at radius 2 is 1.65 bits per heavy atom. The first-order valence-electron chi connectivity index (χ1n) is 13.1. The van der Waals surface area contributed by atoms with E-state index in [0.29, 0.717) is 18.5 Å². The number of anilines is 1. The van der Waals surface area contributed by atoms with Gasteiger partial charge in [-0.15, -0.1) is 0 Å². The number of aromatic nitrogens is 1. The van der Waals surface area contributed by atoms with E-state index in [2.05, 4.69) is 45.2 Å². The van der Waals surface area contributed by atoms with E-state index in [9.17, 15) is 9.59 Å². The summed E-state index contributed by atoms with van der Waals surface area (Å²) in [5.74, 6) is -0.437. The summed E-state index contributed by atoms with van der Waals surface area (Å²) >= 11 is 0. The molecule has 6 rings (SSSR count). The molecule has 1 aliphatic heterocycles. The number of amides is 2. The molecule has 1 spiro atoms. The van der Waals surface area contributed by atoms with Crippen molar-refractivity contribution in [2.75, 3.05) is 18.4 Å². The van der Waals surface area contributed by atoms with Crippen molar-refractivity contribution >= 4 is 28.4 Å². The lowest BCUT2D eigenvalue weighted by atomic mass is 9.68. The molecule has 0 radical (unpaired) electrons. The molecule has 1 unspecified atom stereocenters. The van der Waals surface area contributed by atoms with Gasteiger partial charge in [0, 0.05) is 34.6 Å². The van der Waals surface area contributed by atoms with Gasteiger partial charge in [-0.25, -0.2) is 0 Å². The van der Waals surface area contributed by atoms with Crippen LogP contribution in [0.4, 0.5) is 5.69 Å². The number of nitrogens with one attached hydrogen (secondary N) is 4. The summed E-state index contributed by atoms with van der Waals surface area (Å²) in [6.07, 6.45) is 4.90. The highest BCUT2D eigenvalue weighted by molar-refractivity contribution is 5.98. The van der Waals surface area contributed by atoms with Gasteiger partial charge in [-0.3, -0.25) is 9.59 Å². The van der Waals surface area contributed by atoms with Crippen molar-refractivity contribution in [3.8, 4) is 0 Å². The van der Waals surface area contributed by atoms with Crippen molar-refractivity contribution in [3.05, 3.63) is 102 Å². The molecule has 0 bridgehead atoms. The fraction of sp³-hybridized carbons (Fsp3) is 0.290. The zero-order chi connectivity index (χ0) is 25.2. The first kappa shape index (κ1) is 23.5. The fourth-order valence-electron chi connectivity index (χ4n) is 6.37. The van der Waals surface area contributed by atoms with Gasteiger partial charge in [0.25, 0.3) is 0 Å². The van der Waals surface area contributed by atoms with E-state index < -0.39 is 6.04 Å². The molecule has 37 heavy (non-hydrogen) atoms. The Bertz CT molecular complexity index is 1420. The van der Waals surface area contributed by atoms with Gasteiger partial charge in [0.1, 0.15) is 6.04 Å². The molecule has 6 heteroatoms. The SMILES string of the molecule is O=C(N[C@@H](Cc1c[nH]c2ccccc12)C(=O)Nc1ccccc1)C1Cc2ccccc2C12CCNCC2. The third kappa shape index (κ3) is 4.42. The Hall–Kier alpha value is -3.90. The molecule has 1 fully saturated rings. The molecule has 2 heterocycles. The van der Waals surface area contributed by atoms with Crippen LogP contribution in [0.3, 0.4) is 0 Å². The van der Waals surface area contributed by atoms with Crippen LogP contribution < -0.4 is 16.0 Å². The normalized spacial score (nSPS) is 18.9. The van der Waals surface area contributed by atoms with Crippen LogP contribution in [0.25, 0.3) is 10.9 Å². The van der Waals surface area contributed by atoms with Crippen molar-refractivity contribution in [1.29, 1.82) is 0 Å². The molecule has 0 saturated carbocycles. The molecule has 2 aliphatic rings. The predicted octanol–water partition coefficient (Wildman–Crippen LogP) is 4.33. The molecule has 6 nitrogen and oxygen atoms in total. The van der Waals surface area contributed by atoms with E-state index >= 15 is 0 Å². The molecule has 3 aromatic carbocycles. The van der Waals surface area contributed by atoms with Crippen LogP contribution in [0.2, 0.25) is 0 Å². The quantitative estimate of drug-likeness (QED) is 0.323. The van der Waals surface area contributed by atoms with Gasteiger partial charge in [0.15, 0.2) is 0 Å². The second-order valence-electron chi connectivity index (χ2n) is 10.3. The van der Waals surface area contributed by atoms with Crippen molar-refractivity contribution < 1.29 is 9.59 Å². The largest absolute Gasteiger partial charge is 0.361 e. The van der Waals surface area contributed by atoms with Gasteiger partial charge >= 0.3 is 0 Å². The summed E-state index contributed by atoms with van der Waals surface area (Å²) in [6.45, 7) is 1.79. The van der Waals surface area contributed by atoms with Crippen molar-refractivity contribution in [3.63, 3.8) is 0 Å². The van der Waals surface area contributed by atoms with Crippen molar-refractivity contribution in [2.45, 2.75) is 37.1 Å². The molecule has 1 aromatic heterocycles. The van der Waals surface area contributed by atoms with Crippen LogP contribution in [-0.2, 0) is 27.8 Å². The van der Waals surface area contributed by atoms with Gasteiger partial charge in [-0.05, 0) is 67.2 Å². The second-order valence-corrected chi connectivity index (χ2v) is 10.3. The zero-order valence-corrected chi connectivity index (χ0v) is 20.8. The van der Waals surface area contributed by atoms with Crippen LogP contribution in [0.1, 0.15) is 29.5 Å². The number of hydrogen-bond acceptors (Lipinski definition) is 3. The van der Waals surface area contributed by atoms with Crippen LogP contribution in [-0.4, -0.2) is 35.9 Å². The standard InChI is InChI=1S/C31H32N4O2/c36-29(26-18-21-8-4-6-12-25(21)31(26)14-16-32-17-15-31)35-28(30(37)34-23-9-2-1-3-10-23)19-22-20-33-27-13-7-5-11-24(22)27/h1-13,20,26,28,32-33H,14-19H2,(H,34,37)(H,35,36)/t26?,28-/m0/s1. The smallest absolute Gasteiger partial charge is 0.247 e. The number of rotatable bonds is 6. The number of hydrogen-bond donors (Lipinski definition) is 4. The Morgan fingerprint density at radius 3 is 2.49 bits per heavy atom. The minimum absolute atomic E-state index is 0.0360. The van der Waals surface area contributed by atoms with E-state index in [1.54, 1.807) is 0 Å². The van der Waals surface area contributed by atoms with Gasteiger partial charge < -0.3 is 20.9 Å². The molecule has 2 amide bonds. The number of benzene rings is 3. The molecule has 1 saturated heterocycles. The predicted molar refractivity (Wildman–Crippen MR) is 146 cm³/mol. The summed E-state index contributed by atoms with van der Waals surface area (Å²) in [6, 6.07) is 25.2. The van der Waals surface area contributed by atoms with Crippen LogP contribution >= 0.6 is 0 Å². The van der Waals surface area contributed by atoms with Gasteiger partial charge in [0.2, 0.25) is 11.8 Å². The maximum atomic E-state index is 14.0. The Kier molecular flexibility index (Phi) is 6.26. The third-order valence-electron chi connectivity index (χ3n) is 8.23. The fourth-order valence-corrected chi connectivity index (χ4v) is 6.37. The zero-order valence-electron chi connectivity index (χ0n) is 20.8. The van der Waals surface area contributed by atoms with Crippen LogP contribution in [0, 0.1) is 5.92 Å². The highest BCUT2D eigenvalue weighted by Gasteiger charge is 2.50. The Labute approximate surface area is 216 Å². The number of carbonyl (C=O) groups is 2. The average Bonchev–Trinajstić information content (AvgIpc) is 3.48. The van der Waals surface area contributed by atoms with Gasteiger partial charge in [-0.1, -0.05) is 60.7 Å². The minimum Gasteiger partial charge on any atom is -0.361 e. The van der Waals surface area contributed by atoms with E-state index in [-0.39, 0.29) is 23.1 Å². The number of fused-ring (bicyclic) bond motifs is 3. The maximum absolute atomic E-state index is 14.0. The van der Waals surface area contributed by atoms with E-state index in [1.165, 1.54) is 11.1 Å². The molecule has 1 aliphatic carbocycles. The maximum Gasteiger partial charge on any atom is 0.247 e. The first-order chi connectivity index (χ1) is 18.1. The summed E-state index contributed by atoms with van der Waals surface area (Å²) in [4.78, 5) is 30.9. The number of piperidine rings is 1. The lowest BCUT2D eigenvalue weighted by Crippen LogP contribution is -2.53. The lowest BCUT2D eigenvalue weighted by molar-refractivity contribution is -0.131. The highest BCUT2D eigenvalue weighted by atomic mass is 16.2. The van der Waals surface area contributed by atoms with E-state index in [4.69, 9.17) is 0 Å². The summed E-state index contributed by atoms with van der Waals surface area (Å²) in [5, 5.41) is 10.7. The summed E-state index contributed by atoms with van der Waals surface area (Å²) in [5.41, 5.74) is 5.12. The van der Waals surface area contributed by atoms with Gasteiger partial charge in [0.05, 0.1) is 5.92 Å².